The Morgan fingerprint density at radius 3 is 2.50 bits per heavy atom. The molecule has 30 heavy (non-hydrogen) atoms. The first-order valence-electron chi connectivity index (χ1n) is 8.22. The van der Waals surface area contributed by atoms with Crippen molar-refractivity contribution in [1.29, 1.82) is 5.26 Å². The molecule has 3 rings (SSSR count). The highest BCUT2D eigenvalue weighted by molar-refractivity contribution is 7.11. The molecule has 0 amide bonds. The van der Waals surface area contributed by atoms with Gasteiger partial charge in [0, 0.05) is 29.1 Å². The predicted molar refractivity (Wildman–Crippen MR) is 109 cm³/mol. The number of nitro groups is 2. The number of nitro benzene ring substituents is 2. The lowest BCUT2D eigenvalue weighted by Crippen LogP contribution is -1.93. The summed E-state index contributed by atoms with van der Waals surface area (Å²) in [7, 11) is 1.26. The topological polar surface area (TPSA) is 152 Å². The van der Waals surface area contributed by atoms with Gasteiger partial charge in [0.15, 0.2) is 5.75 Å². The van der Waals surface area contributed by atoms with E-state index in [1.165, 1.54) is 42.7 Å². The van der Waals surface area contributed by atoms with Gasteiger partial charge in [-0.15, -0.1) is 11.3 Å². The highest BCUT2D eigenvalue weighted by Gasteiger charge is 2.20. The molecule has 0 saturated carbocycles. The number of nitrogens with zero attached hydrogens (tertiary/aromatic N) is 4. The Bertz CT molecular complexity index is 1210. The first-order chi connectivity index (χ1) is 14.3. The molecule has 10 nitrogen and oxygen atoms in total. The van der Waals surface area contributed by atoms with Gasteiger partial charge < -0.3 is 9.84 Å². The standard InChI is InChI=1S/C19H12N4O6S/c1-29-17-8-11(7-16(18(17)24)23(27)28)6-13(9-20)19-21-15(10-30-19)12-2-4-14(5-3-12)22(25)26/h2-8,10,24H,1H3/b13-6+. The van der Waals surface area contributed by atoms with Gasteiger partial charge in [0.2, 0.25) is 5.75 Å². The summed E-state index contributed by atoms with van der Waals surface area (Å²) < 4.78 is 4.96. The highest BCUT2D eigenvalue weighted by Crippen LogP contribution is 2.38. The smallest absolute Gasteiger partial charge is 0.315 e. The molecular weight excluding hydrogens is 412 g/mol. The molecule has 0 fully saturated rings. The molecule has 0 radical (unpaired) electrons. The number of non-ortho nitro benzene ring substituents is 1. The van der Waals surface area contributed by atoms with E-state index in [1.807, 2.05) is 6.07 Å². The third-order valence-corrected chi connectivity index (χ3v) is 4.91. The summed E-state index contributed by atoms with van der Waals surface area (Å²) in [6.07, 6.45) is 1.40. The Morgan fingerprint density at radius 2 is 1.93 bits per heavy atom. The number of methoxy groups -OCH3 is 1. The van der Waals surface area contributed by atoms with Gasteiger partial charge in [-0.1, -0.05) is 0 Å². The SMILES string of the molecule is COc1cc(/C=C(\C#N)c2nc(-c3ccc([N+](=O)[O-])cc3)cs2)cc([N+](=O)[O-])c1O. The number of hydrogen-bond acceptors (Lipinski definition) is 9. The fraction of sp³-hybridized carbons (Fsp3) is 0.0526. The Kier molecular flexibility index (Phi) is 5.70. The maximum atomic E-state index is 11.1. The van der Waals surface area contributed by atoms with Gasteiger partial charge in [-0.3, -0.25) is 20.2 Å². The molecule has 0 spiro atoms. The van der Waals surface area contributed by atoms with E-state index in [2.05, 4.69) is 4.98 Å². The fourth-order valence-corrected chi connectivity index (χ4v) is 3.38. The molecule has 0 aliphatic carbocycles. The Balaban J connectivity index is 1.98. The van der Waals surface area contributed by atoms with Crippen LogP contribution in [0.3, 0.4) is 0 Å². The minimum absolute atomic E-state index is 0.0466. The molecule has 0 saturated heterocycles. The van der Waals surface area contributed by atoms with Gasteiger partial charge in [0.25, 0.3) is 5.69 Å². The number of aromatic hydroxyl groups is 1. The summed E-state index contributed by atoms with van der Waals surface area (Å²) in [5, 5.41) is 43.4. The van der Waals surface area contributed by atoms with Crippen LogP contribution in [0, 0.1) is 31.6 Å². The van der Waals surface area contributed by atoms with E-state index in [0.717, 1.165) is 6.07 Å². The van der Waals surface area contributed by atoms with E-state index in [0.29, 0.717) is 16.3 Å². The first kappa shape index (κ1) is 20.4. The number of allylic oxidation sites excluding steroid dienone is 1. The van der Waals surface area contributed by atoms with Gasteiger partial charge >= 0.3 is 5.69 Å². The van der Waals surface area contributed by atoms with Crippen molar-refractivity contribution < 1.29 is 19.7 Å². The minimum atomic E-state index is -0.753. The van der Waals surface area contributed by atoms with Crippen LogP contribution in [0.2, 0.25) is 0 Å². The van der Waals surface area contributed by atoms with Crippen LogP contribution in [0.5, 0.6) is 11.5 Å². The Morgan fingerprint density at radius 1 is 1.23 bits per heavy atom. The van der Waals surface area contributed by atoms with Crippen LogP contribution < -0.4 is 4.74 Å². The normalized spacial score (nSPS) is 11.0. The third-order valence-electron chi connectivity index (χ3n) is 4.03. The van der Waals surface area contributed by atoms with E-state index < -0.39 is 21.3 Å². The predicted octanol–water partition coefficient (Wildman–Crippen LogP) is 4.40. The van der Waals surface area contributed by atoms with Crippen molar-refractivity contribution in [2.24, 2.45) is 0 Å². The maximum absolute atomic E-state index is 11.1. The lowest BCUT2D eigenvalue weighted by molar-refractivity contribution is -0.386. The Labute approximate surface area is 173 Å². The van der Waals surface area contributed by atoms with Crippen molar-refractivity contribution in [3.05, 3.63) is 72.6 Å². The van der Waals surface area contributed by atoms with Crippen molar-refractivity contribution in [1.82, 2.24) is 4.98 Å². The summed E-state index contributed by atoms with van der Waals surface area (Å²) in [6, 6.07) is 10.3. The lowest BCUT2D eigenvalue weighted by Gasteiger charge is -2.05. The second-order valence-corrected chi connectivity index (χ2v) is 6.72. The van der Waals surface area contributed by atoms with Crippen LogP contribution in [0.4, 0.5) is 11.4 Å². The maximum Gasteiger partial charge on any atom is 0.315 e. The molecule has 0 aliphatic rings. The monoisotopic (exact) mass is 424 g/mol. The van der Waals surface area contributed by atoms with Crippen LogP contribution in [0.25, 0.3) is 22.9 Å². The van der Waals surface area contributed by atoms with E-state index >= 15 is 0 Å². The number of rotatable bonds is 6. The van der Waals surface area contributed by atoms with Crippen LogP contribution >= 0.6 is 11.3 Å². The van der Waals surface area contributed by atoms with Crippen molar-refractivity contribution in [3.8, 4) is 28.8 Å². The summed E-state index contributed by atoms with van der Waals surface area (Å²) in [5.74, 6) is -0.702. The molecule has 1 heterocycles. The van der Waals surface area contributed by atoms with Crippen LogP contribution in [-0.2, 0) is 0 Å². The van der Waals surface area contributed by atoms with Crippen molar-refractivity contribution in [2.75, 3.05) is 7.11 Å². The third kappa shape index (κ3) is 4.08. The quantitative estimate of drug-likeness (QED) is 0.347. The van der Waals surface area contributed by atoms with Crippen LogP contribution in [0.1, 0.15) is 10.6 Å². The van der Waals surface area contributed by atoms with Gasteiger partial charge in [0.1, 0.15) is 11.1 Å². The molecule has 1 N–H and O–H groups in total. The molecule has 0 unspecified atom stereocenters. The fourth-order valence-electron chi connectivity index (χ4n) is 2.58. The summed E-state index contributed by atoms with van der Waals surface area (Å²) in [5.41, 5.74) is 0.996. The molecule has 11 heteroatoms. The zero-order valence-corrected chi connectivity index (χ0v) is 16.1. The van der Waals surface area contributed by atoms with E-state index in [4.69, 9.17) is 4.74 Å². The van der Waals surface area contributed by atoms with Crippen LogP contribution in [0.15, 0.2) is 41.8 Å². The molecule has 3 aromatic rings. The summed E-state index contributed by atoms with van der Waals surface area (Å²) in [4.78, 5) is 25.0. The molecule has 0 bridgehead atoms. The molecule has 0 aliphatic heterocycles. The van der Waals surface area contributed by atoms with Crippen molar-refractivity contribution >= 4 is 34.4 Å². The number of thiazole rings is 1. The number of hydrogen-bond donors (Lipinski definition) is 1. The lowest BCUT2D eigenvalue weighted by atomic mass is 10.1. The summed E-state index contributed by atoms with van der Waals surface area (Å²) in [6.45, 7) is 0. The molecule has 1 aromatic heterocycles. The molecule has 150 valence electrons. The van der Waals surface area contributed by atoms with Gasteiger partial charge in [-0.05, 0) is 29.8 Å². The zero-order chi connectivity index (χ0) is 21.8. The highest BCUT2D eigenvalue weighted by atomic mass is 32.1. The largest absolute Gasteiger partial charge is 0.500 e. The number of phenols is 1. The van der Waals surface area contributed by atoms with Gasteiger partial charge in [0.05, 0.1) is 28.2 Å². The summed E-state index contributed by atoms with van der Waals surface area (Å²) >= 11 is 1.18. The average molecular weight is 424 g/mol. The number of nitriles is 1. The van der Waals surface area contributed by atoms with Crippen molar-refractivity contribution in [2.45, 2.75) is 0 Å². The van der Waals surface area contributed by atoms with Gasteiger partial charge in [-0.2, -0.15) is 5.26 Å². The number of phenolic OH excluding ortho intramolecular Hbond substituents is 1. The zero-order valence-electron chi connectivity index (χ0n) is 15.3. The second kappa shape index (κ2) is 8.38. The molecule has 0 atom stereocenters. The Hall–Kier alpha value is -4.30. The van der Waals surface area contributed by atoms with Crippen molar-refractivity contribution in [3.63, 3.8) is 0 Å². The average Bonchev–Trinajstić information content (AvgIpc) is 3.22. The number of aromatic nitrogens is 1. The number of benzene rings is 2. The first-order valence-corrected chi connectivity index (χ1v) is 9.10. The minimum Gasteiger partial charge on any atom is -0.500 e. The molecule has 2 aromatic carbocycles. The van der Waals surface area contributed by atoms with E-state index in [-0.39, 0.29) is 22.6 Å². The van der Waals surface area contributed by atoms with E-state index in [9.17, 15) is 30.6 Å². The molecular formula is C19H12N4O6S. The van der Waals surface area contributed by atoms with Gasteiger partial charge in [-0.25, -0.2) is 4.98 Å². The van der Waals surface area contributed by atoms with Crippen LogP contribution in [-0.4, -0.2) is 27.0 Å². The van der Waals surface area contributed by atoms with E-state index in [1.54, 1.807) is 17.5 Å². The second-order valence-electron chi connectivity index (χ2n) is 5.86. The number of ether oxygens (including phenoxy) is 1.